The molecule has 372 valence electrons. The Bertz CT molecular complexity index is 4650. The van der Waals surface area contributed by atoms with Gasteiger partial charge in [0.25, 0.3) is 0 Å². The monoisotopic (exact) mass is 1000 g/mol. The van der Waals surface area contributed by atoms with E-state index in [1.807, 2.05) is 0 Å². The molecule has 3 aliphatic carbocycles. The highest BCUT2D eigenvalue weighted by Crippen LogP contribution is 2.63. The minimum Gasteiger partial charge on any atom is -0.456 e. The number of hydrogen-bond acceptors (Lipinski definition) is 3. The summed E-state index contributed by atoms with van der Waals surface area (Å²) in [6.45, 7) is 14.1. The summed E-state index contributed by atoms with van der Waals surface area (Å²) in [5.41, 5.74) is 28.6. The molecule has 0 atom stereocenters. The van der Waals surface area contributed by atoms with Gasteiger partial charge in [-0.15, -0.1) is 0 Å². The zero-order valence-corrected chi connectivity index (χ0v) is 44.6. The molecule has 3 aliphatic rings. The molecule has 0 saturated heterocycles. The summed E-state index contributed by atoms with van der Waals surface area (Å²) in [5.74, 6) is 0. The Kier molecular flexibility index (Phi) is 9.21. The fourth-order valence-electron chi connectivity index (χ4n) is 14.7. The van der Waals surface area contributed by atoms with Crippen LogP contribution in [0.3, 0.4) is 0 Å². The number of nitrogens with zero attached hydrogens (tertiary/aromatic N) is 1. The molecule has 0 unspecified atom stereocenters. The van der Waals surface area contributed by atoms with E-state index < -0.39 is 5.41 Å². The lowest BCUT2D eigenvalue weighted by Gasteiger charge is -2.35. The first-order chi connectivity index (χ1) is 38.0. The van der Waals surface area contributed by atoms with Crippen LogP contribution < -0.4 is 4.90 Å². The summed E-state index contributed by atoms with van der Waals surface area (Å²) in [6.07, 6.45) is 0. The molecule has 0 fully saturated rings. The molecule has 78 heavy (non-hydrogen) atoms. The smallest absolute Gasteiger partial charge is 0.143 e. The number of fused-ring (bicyclic) bond motifs is 17. The Morgan fingerprint density at radius 1 is 0.359 bits per heavy atom. The van der Waals surface area contributed by atoms with Crippen molar-refractivity contribution in [3.05, 3.63) is 280 Å². The van der Waals surface area contributed by atoms with Gasteiger partial charge in [0.15, 0.2) is 0 Å². The Morgan fingerprint density at radius 3 is 1.59 bits per heavy atom. The molecule has 2 heterocycles. The van der Waals surface area contributed by atoms with Crippen molar-refractivity contribution in [3.8, 4) is 44.5 Å². The van der Waals surface area contributed by atoms with Crippen LogP contribution in [-0.4, -0.2) is 0 Å². The molecule has 3 heteroatoms. The van der Waals surface area contributed by atoms with Crippen molar-refractivity contribution < 1.29 is 8.83 Å². The molecule has 13 aromatic rings. The number of anilines is 3. The van der Waals surface area contributed by atoms with Gasteiger partial charge in [0, 0.05) is 55.0 Å². The predicted octanol–water partition coefficient (Wildman–Crippen LogP) is 20.2. The minimum absolute atomic E-state index is 0.194. The van der Waals surface area contributed by atoms with E-state index >= 15 is 0 Å². The number of furan rings is 2. The predicted molar refractivity (Wildman–Crippen MR) is 323 cm³/mol. The van der Waals surface area contributed by atoms with Crippen molar-refractivity contribution in [2.75, 3.05) is 4.90 Å². The fourth-order valence-corrected chi connectivity index (χ4v) is 14.7. The molecule has 0 amide bonds. The van der Waals surface area contributed by atoms with Gasteiger partial charge < -0.3 is 13.7 Å². The first-order valence-electron chi connectivity index (χ1n) is 27.5. The minimum atomic E-state index is -0.698. The zero-order chi connectivity index (χ0) is 52.4. The van der Waals surface area contributed by atoms with Gasteiger partial charge in [0.2, 0.25) is 0 Å². The molecule has 0 aliphatic heterocycles. The van der Waals surface area contributed by atoms with Crippen molar-refractivity contribution in [2.45, 2.75) is 57.8 Å². The maximum Gasteiger partial charge on any atom is 0.143 e. The Hall–Kier alpha value is -9.18. The van der Waals surface area contributed by atoms with E-state index in [2.05, 4.69) is 271 Å². The largest absolute Gasteiger partial charge is 0.456 e. The van der Waals surface area contributed by atoms with Crippen LogP contribution in [0.25, 0.3) is 88.4 Å². The third-order valence-corrected chi connectivity index (χ3v) is 18.3. The average molecular weight is 1000 g/mol. The van der Waals surface area contributed by atoms with Crippen LogP contribution in [0.4, 0.5) is 17.1 Å². The van der Waals surface area contributed by atoms with E-state index in [1.165, 1.54) is 99.8 Å². The van der Waals surface area contributed by atoms with E-state index in [4.69, 9.17) is 8.83 Å². The van der Waals surface area contributed by atoms with E-state index in [1.54, 1.807) is 0 Å². The third-order valence-electron chi connectivity index (χ3n) is 18.3. The average Bonchev–Trinajstić information content (AvgIpc) is 4.43. The number of aryl methyl sites for hydroxylation is 2. The summed E-state index contributed by atoms with van der Waals surface area (Å²) >= 11 is 0. The van der Waals surface area contributed by atoms with Gasteiger partial charge in [-0.05, 0) is 170 Å². The summed E-state index contributed by atoms with van der Waals surface area (Å²) in [6, 6.07) is 83.7. The number of para-hydroxylation sites is 2. The second kappa shape index (κ2) is 15.9. The van der Waals surface area contributed by atoms with Crippen molar-refractivity contribution in [2.24, 2.45) is 0 Å². The van der Waals surface area contributed by atoms with Crippen LogP contribution in [0.5, 0.6) is 0 Å². The third kappa shape index (κ3) is 5.94. The summed E-state index contributed by atoms with van der Waals surface area (Å²) in [7, 11) is 0. The van der Waals surface area contributed by atoms with Gasteiger partial charge in [-0.25, -0.2) is 0 Å². The lowest BCUT2D eigenvalue weighted by Crippen LogP contribution is -2.29. The summed E-state index contributed by atoms with van der Waals surface area (Å²) in [5, 5.41) is 4.66. The van der Waals surface area contributed by atoms with Crippen LogP contribution in [0.15, 0.2) is 233 Å². The Balaban J connectivity index is 0.933. The van der Waals surface area contributed by atoms with Gasteiger partial charge in [-0.3, -0.25) is 0 Å². The molecule has 11 aromatic carbocycles. The topological polar surface area (TPSA) is 29.5 Å². The van der Waals surface area contributed by atoms with Crippen LogP contribution in [-0.2, 0) is 16.2 Å². The number of hydrogen-bond donors (Lipinski definition) is 0. The fraction of sp³-hybridized carbons (Fsp3) is 0.120. The zero-order valence-electron chi connectivity index (χ0n) is 44.6. The summed E-state index contributed by atoms with van der Waals surface area (Å²) < 4.78 is 13.5. The van der Waals surface area contributed by atoms with Gasteiger partial charge in [0.1, 0.15) is 22.3 Å². The lowest BCUT2D eigenvalue weighted by molar-refractivity contribution is 0.651. The molecule has 16 rings (SSSR count). The molecule has 0 saturated carbocycles. The molecule has 0 N–H and O–H groups in total. The molecular weight excluding hydrogens is 947 g/mol. The van der Waals surface area contributed by atoms with Crippen LogP contribution >= 0.6 is 0 Å². The van der Waals surface area contributed by atoms with Gasteiger partial charge in [-0.2, -0.15) is 0 Å². The van der Waals surface area contributed by atoms with Gasteiger partial charge in [-0.1, -0.05) is 191 Å². The van der Waals surface area contributed by atoms with Gasteiger partial charge in [0.05, 0.1) is 5.41 Å². The quantitative estimate of drug-likeness (QED) is 0.166. The molecule has 0 spiro atoms. The Labute approximate surface area is 454 Å². The van der Waals surface area contributed by atoms with Gasteiger partial charge >= 0.3 is 0 Å². The summed E-state index contributed by atoms with van der Waals surface area (Å²) in [4.78, 5) is 2.52. The second-order valence-electron chi connectivity index (χ2n) is 23.2. The normalized spacial score (nSPS) is 14.8. The first-order valence-corrected chi connectivity index (χ1v) is 27.5. The second-order valence-corrected chi connectivity index (χ2v) is 23.2. The van der Waals surface area contributed by atoms with E-state index in [9.17, 15) is 0 Å². The highest BCUT2D eigenvalue weighted by Gasteiger charge is 2.49. The maximum absolute atomic E-state index is 7.00. The van der Waals surface area contributed by atoms with E-state index in [-0.39, 0.29) is 10.8 Å². The van der Waals surface area contributed by atoms with E-state index in [0.717, 1.165) is 61.3 Å². The maximum atomic E-state index is 7.00. The highest BCUT2D eigenvalue weighted by atomic mass is 16.3. The van der Waals surface area contributed by atoms with Crippen molar-refractivity contribution in [1.29, 1.82) is 0 Å². The van der Waals surface area contributed by atoms with Crippen LogP contribution in [0.2, 0.25) is 0 Å². The molecular formula is C75H55NO2. The Morgan fingerprint density at radius 2 is 0.897 bits per heavy atom. The molecule has 0 radical (unpaired) electrons. The molecule has 2 aromatic heterocycles. The number of benzene rings is 11. The standard InChI is InChI=1S/C75H55NO2/c1-44-30-36-64(45(2)38-44)76(49-31-33-51-56-42-61-57(43-60(56)74(5,6)59(51)39-49)69-58(73(61,3)4)35-37-67-70(69)53-26-16-18-28-65(53)77-67)50-32-34-52-62(40-50)75(47-22-12-8-13-23-47,48-24-14-9-15-25-48)63-41-55(46-20-10-7-11-21-46)72-71(68(52)63)54-27-17-19-29-66(54)78-72/h7-43H,1-6H3. The van der Waals surface area contributed by atoms with Crippen molar-refractivity contribution in [3.63, 3.8) is 0 Å². The molecule has 3 nitrogen and oxygen atoms in total. The highest BCUT2D eigenvalue weighted by molar-refractivity contribution is 6.20. The first kappa shape index (κ1) is 45.1. The van der Waals surface area contributed by atoms with E-state index in [0.29, 0.717) is 0 Å². The van der Waals surface area contributed by atoms with Crippen molar-refractivity contribution in [1.82, 2.24) is 0 Å². The SMILES string of the molecule is Cc1ccc(N(c2ccc3c(c2)C(C)(C)c2cc4c(cc2-3)C(C)(C)c2ccc3oc5ccccc5c3c2-4)c2ccc3c(c2)C(c2ccccc2)(c2ccccc2)c2cc(-c4ccccc4)c4oc5ccccc5c4c2-3)c(C)c1. The van der Waals surface area contributed by atoms with Crippen molar-refractivity contribution >= 4 is 60.9 Å². The number of rotatable bonds is 6. The van der Waals surface area contributed by atoms with Crippen LogP contribution in [0.1, 0.15) is 83.3 Å². The van der Waals surface area contributed by atoms with Crippen LogP contribution in [0, 0.1) is 13.8 Å². The lowest BCUT2D eigenvalue weighted by atomic mass is 9.67. The molecule has 0 bridgehead atoms.